The van der Waals surface area contributed by atoms with Crippen molar-refractivity contribution < 1.29 is 0 Å². The molecule has 2 rings (SSSR count). The molecule has 2 heterocycles. The zero-order chi connectivity index (χ0) is 12.4. The minimum Gasteiger partial charge on any atom is -0.308 e. The average molecular weight is 249 g/mol. The van der Waals surface area contributed by atoms with Crippen molar-refractivity contribution in [2.75, 3.05) is 5.43 Å². The second-order valence-electron chi connectivity index (χ2n) is 4.05. The van der Waals surface area contributed by atoms with Gasteiger partial charge in [-0.05, 0) is 12.8 Å². The van der Waals surface area contributed by atoms with Crippen LogP contribution in [0.15, 0.2) is 11.4 Å². The van der Waals surface area contributed by atoms with Crippen LogP contribution in [0.2, 0.25) is 0 Å². The largest absolute Gasteiger partial charge is 0.308 e. The van der Waals surface area contributed by atoms with Crippen LogP contribution in [0.25, 0.3) is 11.5 Å². The Hall–Kier alpha value is -1.53. The third-order valence-corrected chi connectivity index (χ3v) is 3.11. The van der Waals surface area contributed by atoms with Gasteiger partial charge < -0.3 is 5.43 Å². The predicted molar refractivity (Wildman–Crippen MR) is 69.8 cm³/mol. The standard InChI is InChI=1S/C11H15N5S/c1-6(2)8-4-10(16-12)15-11(14-8)9-5-17-7(3)13-9/h4-6H,12H2,1-3H3,(H,14,15,16). The number of anilines is 1. The number of hydrogen-bond acceptors (Lipinski definition) is 6. The molecule has 17 heavy (non-hydrogen) atoms. The van der Waals surface area contributed by atoms with Gasteiger partial charge in [0.1, 0.15) is 11.5 Å². The summed E-state index contributed by atoms with van der Waals surface area (Å²) in [7, 11) is 0. The van der Waals surface area contributed by atoms with Crippen LogP contribution in [-0.4, -0.2) is 15.0 Å². The number of nitrogens with zero attached hydrogens (tertiary/aromatic N) is 3. The number of aryl methyl sites for hydroxylation is 1. The molecule has 5 nitrogen and oxygen atoms in total. The van der Waals surface area contributed by atoms with E-state index in [4.69, 9.17) is 5.84 Å². The Kier molecular flexibility index (Phi) is 3.35. The van der Waals surface area contributed by atoms with Crippen LogP contribution in [0.3, 0.4) is 0 Å². The maximum absolute atomic E-state index is 5.41. The summed E-state index contributed by atoms with van der Waals surface area (Å²) >= 11 is 1.58. The molecule has 0 aromatic carbocycles. The molecule has 0 spiro atoms. The van der Waals surface area contributed by atoms with E-state index in [2.05, 4.69) is 34.2 Å². The Morgan fingerprint density at radius 1 is 1.29 bits per heavy atom. The summed E-state index contributed by atoms with van der Waals surface area (Å²) in [6.45, 7) is 6.12. The van der Waals surface area contributed by atoms with Crippen LogP contribution in [0.5, 0.6) is 0 Å². The molecular formula is C11H15N5S. The fourth-order valence-electron chi connectivity index (χ4n) is 1.42. The molecule has 0 bridgehead atoms. The van der Waals surface area contributed by atoms with Crippen molar-refractivity contribution >= 4 is 17.2 Å². The van der Waals surface area contributed by atoms with Crippen LogP contribution in [-0.2, 0) is 0 Å². The van der Waals surface area contributed by atoms with Crippen molar-refractivity contribution in [2.24, 2.45) is 5.84 Å². The fraction of sp³-hybridized carbons (Fsp3) is 0.364. The Labute approximate surface area is 104 Å². The Morgan fingerprint density at radius 3 is 2.59 bits per heavy atom. The van der Waals surface area contributed by atoms with Gasteiger partial charge in [0.05, 0.1) is 5.01 Å². The maximum atomic E-state index is 5.41. The van der Waals surface area contributed by atoms with E-state index in [1.165, 1.54) is 0 Å². The average Bonchev–Trinajstić information content (AvgIpc) is 2.75. The molecule has 3 N–H and O–H groups in total. The first-order chi connectivity index (χ1) is 8.10. The molecular weight excluding hydrogens is 234 g/mol. The van der Waals surface area contributed by atoms with E-state index in [1.807, 2.05) is 18.4 Å². The topological polar surface area (TPSA) is 76.7 Å². The SMILES string of the molecule is Cc1nc(-c2nc(NN)cc(C(C)C)n2)cs1. The number of aromatic nitrogens is 3. The maximum Gasteiger partial charge on any atom is 0.181 e. The van der Waals surface area contributed by atoms with Crippen LogP contribution >= 0.6 is 11.3 Å². The monoisotopic (exact) mass is 249 g/mol. The van der Waals surface area contributed by atoms with Crippen molar-refractivity contribution in [3.05, 3.63) is 22.1 Å². The lowest BCUT2D eigenvalue weighted by Gasteiger charge is -2.08. The molecule has 0 unspecified atom stereocenters. The first kappa shape index (κ1) is 11.9. The quantitative estimate of drug-likeness (QED) is 0.645. The van der Waals surface area contributed by atoms with Gasteiger partial charge in [0.15, 0.2) is 5.82 Å². The van der Waals surface area contributed by atoms with Crippen molar-refractivity contribution in [3.8, 4) is 11.5 Å². The lowest BCUT2D eigenvalue weighted by atomic mass is 10.1. The number of nitrogens with two attached hydrogens (primary N) is 1. The number of nitrogen functional groups attached to an aromatic ring is 1. The minimum atomic E-state index is 0.323. The van der Waals surface area contributed by atoms with E-state index in [1.54, 1.807) is 11.3 Å². The normalized spacial score (nSPS) is 10.9. The van der Waals surface area contributed by atoms with Gasteiger partial charge in [-0.2, -0.15) is 0 Å². The first-order valence-corrected chi connectivity index (χ1v) is 6.26. The molecule has 2 aromatic rings. The molecule has 0 aliphatic rings. The summed E-state index contributed by atoms with van der Waals surface area (Å²) in [4.78, 5) is 13.2. The third-order valence-electron chi connectivity index (χ3n) is 2.33. The van der Waals surface area contributed by atoms with E-state index >= 15 is 0 Å². The summed E-state index contributed by atoms with van der Waals surface area (Å²) in [6, 6.07) is 1.85. The predicted octanol–water partition coefficient (Wildman–Crippen LogP) is 2.32. The highest BCUT2D eigenvalue weighted by atomic mass is 32.1. The molecule has 0 radical (unpaired) electrons. The lowest BCUT2D eigenvalue weighted by molar-refractivity contribution is 0.816. The summed E-state index contributed by atoms with van der Waals surface area (Å²) in [5.41, 5.74) is 4.31. The highest BCUT2D eigenvalue weighted by Crippen LogP contribution is 2.22. The molecule has 0 saturated carbocycles. The second-order valence-corrected chi connectivity index (χ2v) is 5.11. The van der Waals surface area contributed by atoms with E-state index in [0.29, 0.717) is 17.6 Å². The van der Waals surface area contributed by atoms with Crippen molar-refractivity contribution in [3.63, 3.8) is 0 Å². The summed E-state index contributed by atoms with van der Waals surface area (Å²) < 4.78 is 0. The number of hydrazine groups is 1. The third kappa shape index (κ3) is 2.59. The number of hydrogen-bond donors (Lipinski definition) is 2. The molecule has 0 amide bonds. The van der Waals surface area contributed by atoms with Crippen molar-refractivity contribution in [1.29, 1.82) is 0 Å². The fourth-order valence-corrected chi connectivity index (χ4v) is 2.01. The number of rotatable bonds is 3. The van der Waals surface area contributed by atoms with Gasteiger partial charge in [0.2, 0.25) is 0 Å². The number of thiazole rings is 1. The van der Waals surface area contributed by atoms with E-state index in [-0.39, 0.29) is 0 Å². The van der Waals surface area contributed by atoms with Crippen molar-refractivity contribution in [1.82, 2.24) is 15.0 Å². The minimum absolute atomic E-state index is 0.323. The second kappa shape index (κ2) is 4.77. The van der Waals surface area contributed by atoms with Crippen LogP contribution in [0.1, 0.15) is 30.5 Å². The molecule has 0 atom stereocenters. The van der Waals surface area contributed by atoms with Crippen LogP contribution < -0.4 is 11.3 Å². The lowest BCUT2D eigenvalue weighted by Crippen LogP contribution is -2.11. The Morgan fingerprint density at radius 2 is 2.06 bits per heavy atom. The molecule has 90 valence electrons. The van der Waals surface area contributed by atoms with Crippen LogP contribution in [0.4, 0.5) is 5.82 Å². The van der Waals surface area contributed by atoms with E-state index in [0.717, 1.165) is 16.4 Å². The summed E-state index contributed by atoms with van der Waals surface area (Å²) in [5, 5.41) is 2.95. The molecule has 0 aliphatic carbocycles. The zero-order valence-corrected chi connectivity index (χ0v) is 10.9. The zero-order valence-electron chi connectivity index (χ0n) is 10.1. The van der Waals surface area contributed by atoms with Gasteiger partial charge in [-0.15, -0.1) is 11.3 Å². The first-order valence-electron chi connectivity index (χ1n) is 5.38. The van der Waals surface area contributed by atoms with Gasteiger partial charge in [-0.3, -0.25) is 0 Å². The van der Waals surface area contributed by atoms with Gasteiger partial charge in [-0.25, -0.2) is 20.8 Å². The Bertz CT molecular complexity index is 520. The van der Waals surface area contributed by atoms with Gasteiger partial charge in [-0.1, -0.05) is 13.8 Å². The van der Waals surface area contributed by atoms with Gasteiger partial charge in [0.25, 0.3) is 0 Å². The summed E-state index contributed by atoms with van der Waals surface area (Å²) in [6.07, 6.45) is 0. The molecule has 0 saturated heterocycles. The molecule has 2 aromatic heterocycles. The van der Waals surface area contributed by atoms with E-state index < -0.39 is 0 Å². The Balaban J connectivity index is 2.49. The molecule has 0 aliphatic heterocycles. The summed E-state index contributed by atoms with van der Waals surface area (Å²) in [5.74, 6) is 6.97. The smallest absolute Gasteiger partial charge is 0.181 e. The highest BCUT2D eigenvalue weighted by molar-refractivity contribution is 7.09. The number of nitrogens with one attached hydrogen (secondary N) is 1. The highest BCUT2D eigenvalue weighted by Gasteiger charge is 2.11. The van der Waals surface area contributed by atoms with Gasteiger partial charge >= 0.3 is 0 Å². The molecule has 6 heteroatoms. The van der Waals surface area contributed by atoms with E-state index in [9.17, 15) is 0 Å². The molecule has 0 fully saturated rings. The van der Waals surface area contributed by atoms with Crippen molar-refractivity contribution in [2.45, 2.75) is 26.7 Å². The van der Waals surface area contributed by atoms with Crippen LogP contribution in [0, 0.1) is 6.92 Å². The van der Waals surface area contributed by atoms with Gasteiger partial charge in [0, 0.05) is 17.1 Å².